The summed E-state index contributed by atoms with van der Waals surface area (Å²) < 4.78 is 5.29. The molecule has 2 atom stereocenters. The van der Waals surface area contributed by atoms with Crippen molar-refractivity contribution < 1.29 is 9.53 Å². The number of hydrogen-bond acceptors (Lipinski definition) is 5. The van der Waals surface area contributed by atoms with Crippen molar-refractivity contribution in [2.24, 2.45) is 0 Å². The monoisotopic (exact) mass is 299 g/mol. The topological polar surface area (TPSA) is 44.8 Å². The van der Waals surface area contributed by atoms with Crippen LogP contribution in [-0.2, 0) is 9.53 Å². The molecule has 1 aliphatic rings. The molecule has 2 unspecified atom stereocenters. The molecule has 1 saturated heterocycles. The average molecular weight is 299 g/mol. The summed E-state index contributed by atoms with van der Waals surface area (Å²) >= 11 is 0. The third-order valence-corrected chi connectivity index (χ3v) is 4.08. The Kier molecular flexibility index (Phi) is 7.10. The van der Waals surface area contributed by atoms with Crippen LogP contribution in [0.1, 0.15) is 40.5 Å². The maximum atomic E-state index is 12.4. The van der Waals surface area contributed by atoms with E-state index in [1.807, 2.05) is 13.8 Å². The first-order valence-electron chi connectivity index (χ1n) is 8.12. The highest BCUT2D eigenvalue weighted by Gasteiger charge is 2.38. The number of carbonyl (C=O) groups excluding carboxylic acids is 1. The Bertz CT molecular complexity index is 333. The van der Waals surface area contributed by atoms with Crippen LogP contribution in [0, 0.1) is 0 Å². The minimum Gasteiger partial charge on any atom is -0.465 e. The van der Waals surface area contributed by atoms with Gasteiger partial charge in [-0.15, -0.1) is 0 Å². The number of piperidine rings is 1. The van der Waals surface area contributed by atoms with Crippen molar-refractivity contribution in [2.75, 3.05) is 40.3 Å². The second kappa shape index (κ2) is 8.11. The van der Waals surface area contributed by atoms with E-state index in [1.54, 1.807) is 0 Å². The number of nitrogens with one attached hydrogen (secondary N) is 1. The van der Waals surface area contributed by atoms with Crippen LogP contribution < -0.4 is 5.32 Å². The number of esters is 1. The molecule has 124 valence electrons. The molecule has 0 bridgehead atoms. The Morgan fingerprint density at radius 3 is 2.67 bits per heavy atom. The first-order chi connectivity index (χ1) is 9.78. The maximum Gasteiger partial charge on any atom is 0.327 e. The zero-order valence-electron chi connectivity index (χ0n) is 14.6. The molecule has 1 N–H and O–H groups in total. The molecule has 0 amide bonds. The predicted octanol–water partition coefficient (Wildman–Crippen LogP) is 1.33. The largest absolute Gasteiger partial charge is 0.465 e. The third-order valence-electron chi connectivity index (χ3n) is 4.08. The van der Waals surface area contributed by atoms with Gasteiger partial charge in [0.2, 0.25) is 0 Å². The zero-order valence-corrected chi connectivity index (χ0v) is 14.6. The summed E-state index contributed by atoms with van der Waals surface area (Å²) in [6.45, 7) is 11.2. The number of carbonyl (C=O) groups is 1. The average Bonchev–Trinajstić information content (AvgIpc) is 2.38. The molecule has 5 heteroatoms. The van der Waals surface area contributed by atoms with Crippen molar-refractivity contribution in [1.29, 1.82) is 0 Å². The fraction of sp³-hybridized carbons (Fsp3) is 0.938. The lowest BCUT2D eigenvalue weighted by atomic mass is 9.97. The van der Waals surface area contributed by atoms with Gasteiger partial charge in [-0.05, 0) is 61.2 Å². The van der Waals surface area contributed by atoms with Gasteiger partial charge in [0.25, 0.3) is 0 Å². The van der Waals surface area contributed by atoms with Gasteiger partial charge in [-0.3, -0.25) is 15.0 Å². The van der Waals surface area contributed by atoms with Crippen LogP contribution in [0.25, 0.3) is 0 Å². The Balaban J connectivity index is 2.73. The fourth-order valence-electron chi connectivity index (χ4n) is 3.14. The molecule has 0 aliphatic carbocycles. The number of rotatable bonds is 7. The van der Waals surface area contributed by atoms with Gasteiger partial charge in [0, 0.05) is 25.2 Å². The fourth-order valence-corrected chi connectivity index (χ4v) is 3.14. The van der Waals surface area contributed by atoms with E-state index in [2.05, 4.69) is 43.1 Å². The van der Waals surface area contributed by atoms with Crippen LogP contribution in [0.2, 0.25) is 0 Å². The van der Waals surface area contributed by atoms with Gasteiger partial charge >= 0.3 is 5.97 Å². The van der Waals surface area contributed by atoms with Crippen molar-refractivity contribution in [3.05, 3.63) is 0 Å². The van der Waals surface area contributed by atoms with Crippen molar-refractivity contribution in [1.82, 2.24) is 15.1 Å². The molecule has 0 saturated carbocycles. The Morgan fingerprint density at radius 2 is 2.14 bits per heavy atom. The lowest BCUT2D eigenvalue weighted by Gasteiger charge is -2.41. The minimum absolute atomic E-state index is 0.148. The molecule has 21 heavy (non-hydrogen) atoms. The number of hydrogen-bond donors (Lipinski definition) is 1. The van der Waals surface area contributed by atoms with Crippen molar-refractivity contribution in [3.63, 3.8) is 0 Å². The normalized spacial score (nSPS) is 23.3. The van der Waals surface area contributed by atoms with Gasteiger partial charge in [0.1, 0.15) is 5.54 Å². The number of ether oxygens (including phenoxy) is 1. The van der Waals surface area contributed by atoms with E-state index in [1.165, 1.54) is 12.8 Å². The van der Waals surface area contributed by atoms with Crippen LogP contribution in [0.4, 0.5) is 0 Å². The summed E-state index contributed by atoms with van der Waals surface area (Å²) in [5.74, 6) is -0.148. The van der Waals surface area contributed by atoms with E-state index in [9.17, 15) is 4.79 Å². The molecule has 0 aromatic rings. The van der Waals surface area contributed by atoms with Gasteiger partial charge in [0.15, 0.2) is 0 Å². The summed E-state index contributed by atoms with van der Waals surface area (Å²) in [6.07, 6.45) is 2.42. The number of likely N-dealkylation sites (tertiary alicyclic amines) is 1. The van der Waals surface area contributed by atoms with Crippen molar-refractivity contribution in [2.45, 2.75) is 58.2 Å². The van der Waals surface area contributed by atoms with Crippen molar-refractivity contribution >= 4 is 5.97 Å². The SMILES string of the molecule is CCOC(=O)C(C)(CN1CCCC(N(C)C)C1)NC(C)C. The molecular weight excluding hydrogens is 266 g/mol. The van der Waals surface area contributed by atoms with Crippen molar-refractivity contribution in [3.8, 4) is 0 Å². The molecule has 0 aromatic carbocycles. The molecule has 1 heterocycles. The zero-order chi connectivity index (χ0) is 16.0. The van der Waals surface area contributed by atoms with Crippen LogP contribution >= 0.6 is 0 Å². The van der Waals surface area contributed by atoms with Gasteiger partial charge in [0.05, 0.1) is 6.61 Å². The molecule has 0 spiro atoms. The van der Waals surface area contributed by atoms with Gasteiger partial charge in [-0.1, -0.05) is 0 Å². The van der Waals surface area contributed by atoms with Crippen LogP contribution in [-0.4, -0.2) is 73.7 Å². The molecule has 0 radical (unpaired) electrons. The van der Waals surface area contributed by atoms with E-state index in [0.717, 1.165) is 13.1 Å². The molecule has 1 aliphatic heterocycles. The maximum absolute atomic E-state index is 12.4. The Morgan fingerprint density at radius 1 is 1.48 bits per heavy atom. The first-order valence-corrected chi connectivity index (χ1v) is 8.12. The number of likely N-dealkylation sites (N-methyl/N-ethyl adjacent to an activating group) is 1. The molecule has 1 rings (SSSR count). The minimum atomic E-state index is -0.640. The van der Waals surface area contributed by atoms with Gasteiger partial charge in [-0.25, -0.2) is 0 Å². The smallest absolute Gasteiger partial charge is 0.327 e. The molecular formula is C16H33N3O2. The quantitative estimate of drug-likeness (QED) is 0.719. The molecule has 0 aromatic heterocycles. The third kappa shape index (κ3) is 5.57. The first kappa shape index (κ1) is 18.4. The summed E-state index contributed by atoms with van der Waals surface area (Å²) in [4.78, 5) is 17.0. The highest BCUT2D eigenvalue weighted by Crippen LogP contribution is 2.18. The highest BCUT2D eigenvalue weighted by atomic mass is 16.5. The summed E-state index contributed by atoms with van der Waals surface area (Å²) in [5.41, 5.74) is -0.640. The van der Waals surface area contributed by atoms with Crippen LogP contribution in [0.3, 0.4) is 0 Å². The van der Waals surface area contributed by atoms with E-state index >= 15 is 0 Å². The van der Waals surface area contributed by atoms with Crippen LogP contribution in [0.15, 0.2) is 0 Å². The second-order valence-corrected chi connectivity index (χ2v) is 6.85. The standard InChI is InChI=1S/C16H33N3O2/c1-7-21-15(20)16(4,17-13(2)3)12-19-10-8-9-14(11-19)18(5)6/h13-14,17H,7-12H2,1-6H3. The number of nitrogens with zero attached hydrogens (tertiary/aromatic N) is 2. The Hall–Kier alpha value is -0.650. The predicted molar refractivity (Wildman–Crippen MR) is 86.5 cm³/mol. The van der Waals surface area contributed by atoms with E-state index in [-0.39, 0.29) is 12.0 Å². The highest BCUT2D eigenvalue weighted by molar-refractivity contribution is 5.80. The van der Waals surface area contributed by atoms with Gasteiger partial charge < -0.3 is 9.64 Å². The Labute approximate surface area is 130 Å². The molecule has 1 fully saturated rings. The van der Waals surface area contributed by atoms with Crippen LogP contribution in [0.5, 0.6) is 0 Å². The summed E-state index contributed by atoms with van der Waals surface area (Å²) in [6, 6.07) is 0.818. The summed E-state index contributed by atoms with van der Waals surface area (Å²) in [7, 11) is 4.26. The molecule has 5 nitrogen and oxygen atoms in total. The van der Waals surface area contributed by atoms with E-state index < -0.39 is 5.54 Å². The second-order valence-electron chi connectivity index (χ2n) is 6.85. The van der Waals surface area contributed by atoms with E-state index in [4.69, 9.17) is 4.74 Å². The van der Waals surface area contributed by atoms with Gasteiger partial charge in [-0.2, -0.15) is 0 Å². The summed E-state index contributed by atoms with van der Waals surface area (Å²) in [5, 5.41) is 3.40. The lowest BCUT2D eigenvalue weighted by Crippen LogP contribution is -2.61. The van der Waals surface area contributed by atoms with E-state index in [0.29, 0.717) is 19.2 Å². The lowest BCUT2D eigenvalue weighted by molar-refractivity contribution is -0.152.